The first-order valence-corrected chi connectivity index (χ1v) is 15.0. The molecular formula is C32H22N4O5S2. The topological polar surface area (TPSA) is 119 Å². The summed E-state index contributed by atoms with van der Waals surface area (Å²) < 4.78 is 11.9. The van der Waals surface area contributed by atoms with Gasteiger partial charge in [0.2, 0.25) is 10.9 Å². The number of carbonyl (C=O) groups is 2. The summed E-state index contributed by atoms with van der Waals surface area (Å²) in [4.78, 5) is 33.0. The van der Waals surface area contributed by atoms with E-state index in [1.54, 1.807) is 48.8 Å². The number of furan rings is 1. The van der Waals surface area contributed by atoms with E-state index in [9.17, 15) is 14.7 Å². The van der Waals surface area contributed by atoms with Gasteiger partial charge in [-0.15, -0.1) is 10.2 Å². The van der Waals surface area contributed by atoms with Gasteiger partial charge in [-0.1, -0.05) is 83.8 Å². The molecule has 0 saturated heterocycles. The number of Topliss-reactive ketones (excluding diaryl/α,β-unsaturated/α-hetero) is 1. The van der Waals surface area contributed by atoms with Crippen molar-refractivity contribution >= 4 is 61.7 Å². The van der Waals surface area contributed by atoms with E-state index < -0.39 is 23.5 Å². The molecule has 7 rings (SSSR count). The third-order valence-electron chi connectivity index (χ3n) is 7.24. The largest absolute Gasteiger partial charge is 0.503 e. The number of anilines is 1. The number of ether oxygens (including phenoxy) is 1. The minimum absolute atomic E-state index is 0.0341. The summed E-state index contributed by atoms with van der Waals surface area (Å²) in [5.74, 6) is -0.980. The van der Waals surface area contributed by atoms with Gasteiger partial charge in [0.05, 0.1) is 18.7 Å². The molecule has 11 heteroatoms. The van der Waals surface area contributed by atoms with Crippen LogP contribution in [0, 0.1) is 0 Å². The number of ketones is 1. The van der Waals surface area contributed by atoms with E-state index in [0.29, 0.717) is 32.4 Å². The predicted molar refractivity (Wildman–Crippen MR) is 165 cm³/mol. The summed E-state index contributed by atoms with van der Waals surface area (Å²) in [6.45, 7) is 0. The van der Waals surface area contributed by atoms with Crippen LogP contribution in [0.15, 0.2) is 111 Å². The van der Waals surface area contributed by atoms with Gasteiger partial charge in [0.25, 0.3) is 5.91 Å². The Bertz CT molecular complexity index is 2050. The Morgan fingerprint density at radius 3 is 2.70 bits per heavy atom. The molecule has 3 aromatic heterocycles. The van der Waals surface area contributed by atoms with Crippen molar-refractivity contribution in [2.45, 2.75) is 16.1 Å². The zero-order chi connectivity index (χ0) is 29.5. The van der Waals surface area contributed by atoms with Gasteiger partial charge in [-0.2, -0.15) is 0 Å². The summed E-state index contributed by atoms with van der Waals surface area (Å²) >= 11 is 2.72. The first kappa shape index (κ1) is 26.9. The minimum Gasteiger partial charge on any atom is -0.503 e. The number of nitrogens with zero attached hydrogens (tertiary/aromatic N) is 4. The molecule has 1 aliphatic rings. The fourth-order valence-corrected chi connectivity index (χ4v) is 7.12. The van der Waals surface area contributed by atoms with Crippen molar-refractivity contribution in [3.05, 3.63) is 119 Å². The highest BCUT2D eigenvalue weighted by atomic mass is 32.2. The Hall–Kier alpha value is -5.00. The number of fused-ring (bicyclic) bond motifs is 2. The van der Waals surface area contributed by atoms with Crippen LogP contribution in [-0.2, 0) is 10.5 Å². The number of aromatic nitrogens is 3. The third kappa shape index (κ3) is 4.72. The fraction of sp³-hybridized carbons (Fsp3) is 0.0938. The number of rotatable bonds is 8. The molecular weight excluding hydrogens is 585 g/mol. The maximum Gasteiger partial charge on any atom is 0.296 e. The second-order valence-corrected chi connectivity index (χ2v) is 11.9. The third-order valence-corrected chi connectivity index (χ3v) is 9.34. The molecule has 3 aromatic carbocycles. The number of amides is 1. The molecule has 43 heavy (non-hydrogen) atoms. The molecule has 0 spiro atoms. The number of para-hydroxylation sites is 1. The number of methoxy groups -OCH3 is 1. The van der Waals surface area contributed by atoms with Crippen molar-refractivity contribution in [3.8, 4) is 5.75 Å². The molecule has 0 bridgehead atoms. The number of aliphatic hydroxyl groups excluding tert-OH is 1. The predicted octanol–water partition coefficient (Wildman–Crippen LogP) is 6.92. The van der Waals surface area contributed by atoms with Crippen LogP contribution >= 0.6 is 23.1 Å². The maximum atomic E-state index is 13.9. The van der Waals surface area contributed by atoms with E-state index >= 15 is 0 Å². The molecule has 1 atom stereocenters. The molecule has 0 radical (unpaired) electrons. The van der Waals surface area contributed by atoms with E-state index in [1.165, 1.54) is 35.1 Å². The Kier molecular flexibility index (Phi) is 6.88. The van der Waals surface area contributed by atoms with Gasteiger partial charge in [-0.05, 0) is 40.1 Å². The number of pyridine rings is 1. The van der Waals surface area contributed by atoms with Crippen molar-refractivity contribution < 1.29 is 23.8 Å². The standard InChI is InChI=1S/C32H22N4O5S2/c1-40-23-13-5-9-19-15-24(41-29(19)23)27(37)25-26(20-11-6-14-33-16-20)36(30(39)28(25)38)31-34-35-32(43-31)42-17-21-10-4-8-18-7-2-3-12-22(18)21/h2-16,26,38H,17H2,1H3. The zero-order valence-corrected chi connectivity index (χ0v) is 24.3. The first-order chi connectivity index (χ1) is 21.0. The lowest BCUT2D eigenvalue weighted by atomic mass is 9.96. The van der Waals surface area contributed by atoms with Crippen LogP contribution in [0.2, 0.25) is 0 Å². The van der Waals surface area contributed by atoms with Crippen molar-refractivity contribution in [3.63, 3.8) is 0 Å². The Morgan fingerprint density at radius 2 is 1.86 bits per heavy atom. The number of thioether (sulfide) groups is 1. The maximum absolute atomic E-state index is 13.9. The van der Waals surface area contributed by atoms with Crippen LogP contribution in [0.4, 0.5) is 5.13 Å². The summed E-state index contributed by atoms with van der Waals surface area (Å²) in [6, 6.07) is 23.7. The zero-order valence-electron chi connectivity index (χ0n) is 22.6. The summed E-state index contributed by atoms with van der Waals surface area (Å²) in [7, 11) is 1.51. The smallest absolute Gasteiger partial charge is 0.296 e. The number of carbonyl (C=O) groups excluding carboxylic acids is 2. The number of aliphatic hydroxyl groups is 1. The molecule has 4 heterocycles. The monoisotopic (exact) mass is 606 g/mol. The lowest BCUT2D eigenvalue weighted by molar-refractivity contribution is -0.117. The van der Waals surface area contributed by atoms with E-state index in [4.69, 9.17) is 9.15 Å². The van der Waals surface area contributed by atoms with Crippen LogP contribution < -0.4 is 9.64 Å². The Labute approximate surface area is 253 Å². The number of hydrogen-bond donors (Lipinski definition) is 1. The minimum atomic E-state index is -0.993. The highest BCUT2D eigenvalue weighted by Crippen LogP contribution is 2.44. The second-order valence-electron chi connectivity index (χ2n) is 9.72. The number of benzene rings is 3. The van der Waals surface area contributed by atoms with Crippen molar-refractivity contribution in [2.75, 3.05) is 12.0 Å². The molecule has 6 aromatic rings. The highest BCUT2D eigenvalue weighted by molar-refractivity contribution is 8.00. The lowest BCUT2D eigenvalue weighted by Gasteiger charge is -2.23. The molecule has 0 aliphatic carbocycles. The van der Waals surface area contributed by atoms with E-state index in [0.717, 1.165) is 16.3 Å². The quantitative estimate of drug-likeness (QED) is 0.112. The molecule has 0 saturated carbocycles. The SMILES string of the molecule is COc1cccc2cc(C(=O)C3=C(O)C(=O)N(c4nnc(SCc5cccc6ccccc56)s4)C3c3cccnc3)oc12. The van der Waals surface area contributed by atoms with Crippen LogP contribution in [0.1, 0.15) is 27.7 Å². The lowest BCUT2D eigenvalue weighted by Crippen LogP contribution is -2.31. The average Bonchev–Trinajstić information content (AvgIpc) is 3.76. The molecule has 1 aliphatic heterocycles. The molecule has 1 amide bonds. The van der Waals surface area contributed by atoms with E-state index in [1.807, 2.05) is 18.2 Å². The van der Waals surface area contributed by atoms with Gasteiger partial charge < -0.3 is 14.3 Å². The van der Waals surface area contributed by atoms with Gasteiger partial charge >= 0.3 is 0 Å². The van der Waals surface area contributed by atoms with E-state index in [2.05, 4.69) is 39.4 Å². The first-order valence-electron chi connectivity index (χ1n) is 13.2. The van der Waals surface area contributed by atoms with Crippen LogP contribution in [0.3, 0.4) is 0 Å². The second kappa shape index (κ2) is 11.0. The van der Waals surface area contributed by atoms with Gasteiger partial charge in [-0.25, -0.2) is 0 Å². The van der Waals surface area contributed by atoms with Crippen molar-refractivity contribution in [1.29, 1.82) is 0 Å². The highest BCUT2D eigenvalue weighted by Gasteiger charge is 2.47. The Balaban J connectivity index is 1.22. The summed E-state index contributed by atoms with van der Waals surface area (Å²) in [5, 5.41) is 23.0. The van der Waals surface area contributed by atoms with Crippen LogP contribution in [0.5, 0.6) is 5.75 Å². The van der Waals surface area contributed by atoms with Crippen molar-refractivity contribution in [2.24, 2.45) is 0 Å². The van der Waals surface area contributed by atoms with Gasteiger partial charge in [-0.3, -0.25) is 19.5 Å². The fourth-order valence-electron chi connectivity index (χ4n) is 5.25. The molecule has 1 N–H and O–H groups in total. The summed E-state index contributed by atoms with van der Waals surface area (Å²) in [5.41, 5.74) is 1.94. The summed E-state index contributed by atoms with van der Waals surface area (Å²) in [6.07, 6.45) is 3.14. The molecule has 0 fully saturated rings. The molecule has 212 valence electrons. The molecule has 9 nitrogen and oxygen atoms in total. The normalized spacial score (nSPS) is 15.1. The van der Waals surface area contributed by atoms with E-state index in [-0.39, 0.29) is 16.5 Å². The van der Waals surface area contributed by atoms with Crippen LogP contribution in [0.25, 0.3) is 21.7 Å². The van der Waals surface area contributed by atoms with Gasteiger partial charge in [0.15, 0.2) is 27.2 Å². The van der Waals surface area contributed by atoms with Crippen molar-refractivity contribution in [1.82, 2.24) is 15.2 Å². The van der Waals surface area contributed by atoms with Gasteiger partial charge in [0.1, 0.15) is 0 Å². The van der Waals surface area contributed by atoms with Crippen LogP contribution in [-0.4, -0.2) is 39.1 Å². The van der Waals surface area contributed by atoms with Gasteiger partial charge in [0, 0.05) is 23.5 Å². The molecule has 1 unspecified atom stereocenters. The Morgan fingerprint density at radius 1 is 1.05 bits per heavy atom. The average molecular weight is 607 g/mol. The number of hydrogen-bond acceptors (Lipinski definition) is 10.